The lowest BCUT2D eigenvalue weighted by atomic mass is 9.90. The molecule has 0 radical (unpaired) electrons. The highest BCUT2D eigenvalue weighted by molar-refractivity contribution is 7.15. The second-order valence-corrected chi connectivity index (χ2v) is 9.82. The Kier molecular flexibility index (Phi) is 11.1. The Morgan fingerprint density at radius 2 is 1.81 bits per heavy atom. The van der Waals surface area contributed by atoms with E-state index >= 15 is 0 Å². The van der Waals surface area contributed by atoms with Crippen molar-refractivity contribution < 1.29 is 13.6 Å². The molecule has 0 saturated heterocycles. The third-order valence-corrected chi connectivity index (χ3v) is 6.20. The molecule has 0 aromatic carbocycles. The predicted octanol–water partition coefficient (Wildman–Crippen LogP) is 5.23. The summed E-state index contributed by atoms with van der Waals surface area (Å²) in [6.07, 6.45) is 7.32. The van der Waals surface area contributed by atoms with Crippen LogP contribution in [-0.4, -0.2) is 40.0 Å². The lowest BCUT2D eigenvalue weighted by molar-refractivity contribution is -0.115. The fourth-order valence-electron chi connectivity index (χ4n) is 3.04. The van der Waals surface area contributed by atoms with E-state index < -0.39 is 5.82 Å². The molecule has 0 saturated carbocycles. The first-order valence-electron chi connectivity index (χ1n) is 11.7. The van der Waals surface area contributed by atoms with Crippen LogP contribution in [0, 0.1) is 0 Å². The fourth-order valence-corrected chi connectivity index (χ4v) is 3.87. The molecular weight excluding hydrogens is 481 g/mol. The molecule has 11 heteroatoms. The third kappa shape index (κ3) is 10.6. The molecule has 36 heavy (non-hydrogen) atoms. The topological polar surface area (TPSA) is 92.7 Å². The van der Waals surface area contributed by atoms with Gasteiger partial charge in [-0.05, 0) is 63.3 Å². The zero-order chi connectivity index (χ0) is 26.7. The number of alkyl halides is 2. The van der Waals surface area contributed by atoms with Crippen molar-refractivity contribution in [3.63, 3.8) is 0 Å². The molecule has 0 unspecified atom stereocenters. The molecule has 0 fully saturated rings. The molecule has 0 atom stereocenters. The van der Waals surface area contributed by atoms with Gasteiger partial charge in [-0.15, -0.1) is 15.3 Å². The van der Waals surface area contributed by atoms with Crippen molar-refractivity contribution in [1.82, 2.24) is 20.4 Å². The van der Waals surface area contributed by atoms with Gasteiger partial charge in [0, 0.05) is 25.0 Å². The van der Waals surface area contributed by atoms with E-state index in [1.165, 1.54) is 24.3 Å². The second-order valence-electron chi connectivity index (χ2n) is 8.76. The van der Waals surface area contributed by atoms with E-state index in [0.717, 1.165) is 49.8 Å². The lowest BCUT2D eigenvalue weighted by Gasteiger charge is -2.12. The van der Waals surface area contributed by atoms with Gasteiger partial charge in [0.15, 0.2) is 13.7 Å². The number of nitrogens with one attached hydrogen (secondary N) is 2. The summed E-state index contributed by atoms with van der Waals surface area (Å²) >= 11 is 1.43. The normalized spacial score (nSPS) is 12.4. The first kappa shape index (κ1) is 29.0. The van der Waals surface area contributed by atoms with Gasteiger partial charge < -0.3 is 10.6 Å². The number of hydrogen-bond donors (Lipinski definition) is 2. The maximum absolute atomic E-state index is 13.3. The summed E-state index contributed by atoms with van der Waals surface area (Å²) in [6.45, 7) is 12.9. The molecule has 2 rings (SSSR count). The number of nitrogens with zero attached hydrogens (tertiary/aromatic N) is 4. The van der Waals surface area contributed by atoms with E-state index in [0.29, 0.717) is 35.1 Å². The minimum absolute atomic E-state index is 0.0395. The Hall–Kier alpha value is -3.21. The number of hydrogen-bond acceptors (Lipinski definition) is 7. The number of halogens is 2. The maximum atomic E-state index is 13.3. The van der Waals surface area contributed by atoms with Gasteiger partial charge in [0.2, 0.25) is 16.9 Å². The van der Waals surface area contributed by atoms with Crippen LogP contribution in [0.2, 0.25) is 0 Å². The van der Waals surface area contributed by atoms with Gasteiger partial charge in [0.1, 0.15) is 5.01 Å². The van der Waals surface area contributed by atoms with Gasteiger partial charge in [-0.3, -0.25) is 4.79 Å². The van der Waals surface area contributed by atoms with Crippen molar-refractivity contribution in [3.8, 4) is 0 Å². The van der Waals surface area contributed by atoms with Crippen molar-refractivity contribution in [2.75, 3.05) is 10.6 Å². The Morgan fingerprint density at radius 3 is 2.44 bits per heavy atom. The molecule has 2 aromatic heterocycles. The standard InChI is InChI=1S/C25H33BF2N6OS/c1-6-16(2)15-22(35)30-21-12-11-20(31-32-21)9-7-8-10-23-33-34-24(36-23)29-19(5)14-17(3)13-18(4)25(26,27)28/h6,11-13H,3,5,7-10,14-15,26H2,1-2,4H3,(H,29,34)(H,30,32,35)/b16-6+,18-13+. The van der Waals surface area contributed by atoms with Gasteiger partial charge in [0.25, 0.3) is 0 Å². The van der Waals surface area contributed by atoms with Crippen molar-refractivity contribution in [3.05, 3.63) is 70.6 Å². The number of aromatic nitrogens is 4. The molecule has 1 amide bonds. The van der Waals surface area contributed by atoms with Crippen LogP contribution in [0.1, 0.15) is 57.2 Å². The number of rotatable bonds is 14. The van der Waals surface area contributed by atoms with Gasteiger partial charge in [-0.2, -0.15) is 5.10 Å². The molecule has 0 aliphatic heterocycles. The second kappa shape index (κ2) is 13.8. The number of amides is 1. The van der Waals surface area contributed by atoms with Gasteiger partial charge >= 0.3 is 0 Å². The Morgan fingerprint density at radius 1 is 1.08 bits per heavy atom. The van der Waals surface area contributed by atoms with E-state index in [4.69, 9.17) is 0 Å². The molecule has 0 bridgehead atoms. The highest BCUT2D eigenvalue weighted by atomic mass is 32.1. The first-order chi connectivity index (χ1) is 17.0. The monoisotopic (exact) mass is 514 g/mol. The molecule has 0 spiro atoms. The highest BCUT2D eigenvalue weighted by Gasteiger charge is 2.23. The average molecular weight is 514 g/mol. The Bertz CT molecular complexity index is 1120. The predicted molar refractivity (Wildman–Crippen MR) is 145 cm³/mol. The molecule has 0 aliphatic carbocycles. The summed E-state index contributed by atoms with van der Waals surface area (Å²) in [4.78, 5) is 11.9. The molecule has 7 nitrogen and oxygen atoms in total. The van der Waals surface area contributed by atoms with E-state index in [1.54, 1.807) is 6.07 Å². The zero-order valence-electron chi connectivity index (χ0n) is 21.3. The van der Waals surface area contributed by atoms with Crippen LogP contribution in [0.3, 0.4) is 0 Å². The van der Waals surface area contributed by atoms with Crippen molar-refractivity contribution in [1.29, 1.82) is 0 Å². The summed E-state index contributed by atoms with van der Waals surface area (Å²) in [6, 6.07) is 3.64. The Balaban J connectivity index is 1.72. The van der Waals surface area contributed by atoms with Crippen molar-refractivity contribution >= 4 is 36.0 Å². The smallest absolute Gasteiger partial charge is 0.229 e. The fraction of sp³-hybridized carbons (Fsp3) is 0.400. The van der Waals surface area contributed by atoms with Gasteiger partial charge in [0.05, 0.1) is 5.69 Å². The van der Waals surface area contributed by atoms with Crippen molar-refractivity contribution in [2.45, 2.75) is 65.1 Å². The number of aryl methyl sites for hydroxylation is 2. The van der Waals surface area contributed by atoms with Crippen LogP contribution in [0.25, 0.3) is 0 Å². The SMILES string of the molecule is BC(F)(F)/C(C)=C/C(=C)CC(=C)Nc1nnc(CCCCc2ccc(NC(=O)C/C(C)=C/C)nn2)s1. The molecule has 2 heterocycles. The number of unbranched alkanes of at least 4 members (excludes halogenated alkanes) is 1. The van der Waals surface area contributed by atoms with Gasteiger partial charge in [-0.25, -0.2) is 8.78 Å². The van der Waals surface area contributed by atoms with E-state index in [9.17, 15) is 13.6 Å². The lowest BCUT2D eigenvalue weighted by Crippen LogP contribution is -2.17. The molecule has 192 valence electrons. The van der Waals surface area contributed by atoms with Crippen molar-refractivity contribution in [2.24, 2.45) is 0 Å². The summed E-state index contributed by atoms with van der Waals surface area (Å²) in [5.74, 6) is -2.54. The first-order valence-corrected chi connectivity index (χ1v) is 12.5. The quantitative estimate of drug-likeness (QED) is 0.155. The van der Waals surface area contributed by atoms with Crippen LogP contribution < -0.4 is 10.6 Å². The summed E-state index contributed by atoms with van der Waals surface area (Å²) in [5, 5.41) is 23.9. The number of carbonyl (C=O) groups excluding carboxylic acids is 1. The molecule has 2 aromatic rings. The number of carbonyl (C=O) groups is 1. The minimum atomic E-state index is -2.87. The number of anilines is 2. The molecular formula is C25H33BF2N6OS. The summed E-state index contributed by atoms with van der Waals surface area (Å²) in [5.41, 5.74) is 2.97. The number of allylic oxidation sites excluding steroid dienone is 4. The van der Waals surface area contributed by atoms with Crippen LogP contribution in [0.5, 0.6) is 0 Å². The Labute approximate surface area is 216 Å². The highest BCUT2D eigenvalue weighted by Crippen LogP contribution is 2.24. The zero-order valence-corrected chi connectivity index (χ0v) is 22.1. The van der Waals surface area contributed by atoms with E-state index in [-0.39, 0.29) is 11.5 Å². The third-order valence-electron chi connectivity index (χ3n) is 5.30. The van der Waals surface area contributed by atoms with Crippen LogP contribution in [-0.2, 0) is 17.6 Å². The largest absolute Gasteiger partial charge is 0.334 e. The molecule has 0 aliphatic rings. The minimum Gasteiger partial charge on any atom is -0.334 e. The van der Waals surface area contributed by atoms with Crippen LogP contribution in [0.15, 0.2) is 59.9 Å². The van der Waals surface area contributed by atoms with Crippen LogP contribution >= 0.6 is 11.3 Å². The van der Waals surface area contributed by atoms with Gasteiger partial charge in [-0.1, -0.05) is 42.2 Å². The van der Waals surface area contributed by atoms with E-state index in [1.807, 2.05) is 26.0 Å². The summed E-state index contributed by atoms with van der Waals surface area (Å²) in [7, 11) is 0.862. The average Bonchev–Trinajstić information content (AvgIpc) is 3.23. The summed E-state index contributed by atoms with van der Waals surface area (Å²) < 4.78 is 26.6. The maximum Gasteiger partial charge on any atom is 0.229 e. The van der Waals surface area contributed by atoms with Crippen LogP contribution in [0.4, 0.5) is 19.7 Å². The molecule has 2 N–H and O–H groups in total. The van der Waals surface area contributed by atoms with E-state index in [2.05, 4.69) is 44.2 Å².